The summed E-state index contributed by atoms with van der Waals surface area (Å²) in [7, 11) is 0. The van der Waals surface area contributed by atoms with E-state index in [1.54, 1.807) is 18.0 Å². The number of nitrogens with zero attached hydrogens (tertiary/aromatic N) is 1. The highest BCUT2D eigenvalue weighted by molar-refractivity contribution is 7.99. The van der Waals surface area contributed by atoms with Gasteiger partial charge in [-0.1, -0.05) is 6.92 Å². The van der Waals surface area contributed by atoms with Gasteiger partial charge in [-0.15, -0.1) is 11.8 Å². The van der Waals surface area contributed by atoms with Gasteiger partial charge in [0.05, 0.1) is 22.5 Å². The first-order valence-corrected chi connectivity index (χ1v) is 5.59. The highest BCUT2D eigenvalue weighted by Crippen LogP contribution is 2.22. The van der Waals surface area contributed by atoms with E-state index in [0.717, 1.165) is 11.4 Å². The standard InChI is InChI=1S/C10H16N2OS/c1-3-10(2,13)7-14-9-5-4-8(11)6-12-9/h4-6,13H,3,7,11H2,1-2H3. The largest absolute Gasteiger partial charge is 0.397 e. The normalized spacial score (nSPS) is 15.1. The van der Waals surface area contributed by atoms with E-state index in [-0.39, 0.29) is 0 Å². The average molecular weight is 212 g/mol. The van der Waals surface area contributed by atoms with Crippen LogP contribution in [0.25, 0.3) is 0 Å². The van der Waals surface area contributed by atoms with Crippen LogP contribution in [-0.4, -0.2) is 21.4 Å². The highest BCUT2D eigenvalue weighted by Gasteiger charge is 2.17. The van der Waals surface area contributed by atoms with Crippen molar-refractivity contribution < 1.29 is 5.11 Å². The molecule has 1 heterocycles. The minimum Gasteiger partial charge on any atom is -0.397 e. The van der Waals surface area contributed by atoms with E-state index < -0.39 is 5.60 Å². The molecule has 0 bridgehead atoms. The summed E-state index contributed by atoms with van der Waals surface area (Å²) >= 11 is 1.54. The maximum Gasteiger partial charge on any atom is 0.0962 e. The lowest BCUT2D eigenvalue weighted by Crippen LogP contribution is -2.25. The molecule has 3 nitrogen and oxygen atoms in total. The summed E-state index contributed by atoms with van der Waals surface area (Å²) in [6.45, 7) is 3.80. The first kappa shape index (κ1) is 11.3. The number of hydrogen-bond acceptors (Lipinski definition) is 4. The summed E-state index contributed by atoms with van der Waals surface area (Å²) in [5, 5.41) is 10.7. The molecule has 0 saturated heterocycles. The zero-order valence-electron chi connectivity index (χ0n) is 8.53. The minimum absolute atomic E-state index is 0.617. The van der Waals surface area contributed by atoms with Crippen LogP contribution in [0.15, 0.2) is 23.4 Å². The van der Waals surface area contributed by atoms with Crippen LogP contribution in [0.3, 0.4) is 0 Å². The van der Waals surface area contributed by atoms with Crippen molar-refractivity contribution in [1.82, 2.24) is 4.98 Å². The maximum absolute atomic E-state index is 9.77. The third-order valence-electron chi connectivity index (χ3n) is 2.05. The molecule has 1 unspecified atom stereocenters. The van der Waals surface area contributed by atoms with Crippen LogP contribution in [0.5, 0.6) is 0 Å². The molecule has 4 heteroatoms. The first-order valence-electron chi connectivity index (χ1n) is 4.60. The van der Waals surface area contributed by atoms with Gasteiger partial charge in [-0.3, -0.25) is 0 Å². The van der Waals surface area contributed by atoms with Crippen molar-refractivity contribution in [3.05, 3.63) is 18.3 Å². The molecule has 1 atom stereocenters. The smallest absolute Gasteiger partial charge is 0.0962 e. The zero-order valence-corrected chi connectivity index (χ0v) is 9.34. The lowest BCUT2D eigenvalue weighted by atomic mass is 10.1. The number of aliphatic hydroxyl groups is 1. The van der Waals surface area contributed by atoms with Gasteiger partial charge in [-0.2, -0.15) is 0 Å². The first-order chi connectivity index (χ1) is 6.53. The van der Waals surface area contributed by atoms with E-state index in [1.807, 2.05) is 26.0 Å². The van der Waals surface area contributed by atoms with Crippen molar-refractivity contribution in [1.29, 1.82) is 0 Å². The van der Waals surface area contributed by atoms with Crippen LogP contribution in [0, 0.1) is 0 Å². The molecule has 0 aliphatic rings. The SMILES string of the molecule is CCC(C)(O)CSc1ccc(N)cn1. The predicted molar refractivity (Wildman–Crippen MR) is 60.3 cm³/mol. The Morgan fingerprint density at radius 1 is 1.57 bits per heavy atom. The quantitative estimate of drug-likeness (QED) is 0.749. The van der Waals surface area contributed by atoms with Gasteiger partial charge < -0.3 is 10.8 Å². The molecule has 0 saturated carbocycles. The molecule has 0 amide bonds. The summed E-state index contributed by atoms with van der Waals surface area (Å²) in [5.74, 6) is 0.653. The van der Waals surface area contributed by atoms with Crippen molar-refractivity contribution in [3.63, 3.8) is 0 Å². The number of pyridine rings is 1. The molecule has 0 fully saturated rings. The number of thioether (sulfide) groups is 1. The van der Waals surface area contributed by atoms with Crippen LogP contribution in [-0.2, 0) is 0 Å². The molecule has 0 radical (unpaired) electrons. The molecule has 78 valence electrons. The van der Waals surface area contributed by atoms with Gasteiger partial charge in [0.1, 0.15) is 0 Å². The summed E-state index contributed by atoms with van der Waals surface area (Å²) in [4.78, 5) is 4.14. The molecule has 14 heavy (non-hydrogen) atoms. The van der Waals surface area contributed by atoms with Crippen LogP contribution in [0.2, 0.25) is 0 Å². The Morgan fingerprint density at radius 2 is 2.29 bits per heavy atom. The van der Waals surface area contributed by atoms with E-state index in [9.17, 15) is 5.11 Å². The zero-order chi connectivity index (χ0) is 10.6. The van der Waals surface area contributed by atoms with E-state index in [0.29, 0.717) is 11.4 Å². The van der Waals surface area contributed by atoms with Crippen molar-refractivity contribution in [3.8, 4) is 0 Å². The number of anilines is 1. The number of rotatable bonds is 4. The average Bonchev–Trinajstić information content (AvgIpc) is 2.17. The Labute approximate surface area is 88.7 Å². The van der Waals surface area contributed by atoms with Crippen molar-refractivity contribution in [2.24, 2.45) is 0 Å². The summed E-state index contributed by atoms with van der Waals surface area (Å²) in [5.41, 5.74) is 5.56. The maximum atomic E-state index is 9.77. The topological polar surface area (TPSA) is 59.1 Å². The lowest BCUT2D eigenvalue weighted by Gasteiger charge is -2.19. The summed E-state index contributed by atoms with van der Waals surface area (Å²) in [6.07, 6.45) is 2.37. The fourth-order valence-corrected chi connectivity index (χ4v) is 1.76. The number of hydrogen-bond donors (Lipinski definition) is 2. The predicted octanol–water partition coefficient (Wildman–Crippen LogP) is 1.92. The van der Waals surface area contributed by atoms with Crippen molar-refractivity contribution in [2.75, 3.05) is 11.5 Å². The van der Waals surface area contributed by atoms with Gasteiger partial charge >= 0.3 is 0 Å². The second kappa shape index (κ2) is 4.66. The molecular formula is C10H16N2OS. The molecule has 0 aliphatic carbocycles. The molecule has 1 aromatic rings. The summed E-state index contributed by atoms with van der Waals surface area (Å²) in [6, 6.07) is 3.68. The molecule has 1 aromatic heterocycles. The number of nitrogen functional groups attached to an aromatic ring is 1. The Morgan fingerprint density at radius 3 is 2.79 bits per heavy atom. The second-order valence-electron chi connectivity index (χ2n) is 3.57. The van der Waals surface area contributed by atoms with Crippen LogP contribution >= 0.6 is 11.8 Å². The van der Waals surface area contributed by atoms with E-state index in [2.05, 4.69) is 4.98 Å². The van der Waals surface area contributed by atoms with Crippen molar-refractivity contribution in [2.45, 2.75) is 30.9 Å². The lowest BCUT2D eigenvalue weighted by molar-refractivity contribution is 0.0815. The Bertz CT molecular complexity index is 285. The second-order valence-corrected chi connectivity index (χ2v) is 4.56. The van der Waals surface area contributed by atoms with Gasteiger partial charge in [0.2, 0.25) is 0 Å². The van der Waals surface area contributed by atoms with Crippen LogP contribution in [0.4, 0.5) is 5.69 Å². The van der Waals surface area contributed by atoms with Crippen molar-refractivity contribution >= 4 is 17.4 Å². The van der Waals surface area contributed by atoms with Gasteiger partial charge in [-0.05, 0) is 25.5 Å². The number of nitrogens with two attached hydrogens (primary N) is 1. The monoisotopic (exact) mass is 212 g/mol. The van der Waals surface area contributed by atoms with E-state index in [4.69, 9.17) is 5.73 Å². The third kappa shape index (κ3) is 3.55. The van der Waals surface area contributed by atoms with Gasteiger partial charge in [0, 0.05) is 5.75 Å². The molecular weight excluding hydrogens is 196 g/mol. The Kier molecular flexibility index (Phi) is 3.77. The molecule has 0 aromatic carbocycles. The van der Waals surface area contributed by atoms with Crippen LogP contribution in [0.1, 0.15) is 20.3 Å². The molecule has 1 rings (SSSR count). The van der Waals surface area contributed by atoms with Gasteiger partial charge in [0.15, 0.2) is 0 Å². The van der Waals surface area contributed by atoms with E-state index >= 15 is 0 Å². The highest BCUT2D eigenvalue weighted by atomic mass is 32.2. The Hall–Kier alpha value is -0.740. The summed E-state index contributed by atoms with van der Waals surface area (Å²) < 4.78 is 0. The van der Waals surface area contributed by atoms with E-state index in [1.165, 1.54) is 0 Å². The fourth-order valence-electron chi connectivity index (χ4n) is 0.809. The Balaban J connectivity index is 2.50. The molecule has 3 N–H and O–H groups in total. The molecule has 0 spiro atoms. The number of aromatic nitrogens is 1. The minimum atomic E-state index is -0.617. The van der Waals surface area contributed by atoms with Gasteiger partial charge in [0.25, 0.3) is 0 Å². The fraction of sp³-hybridized carbons (Fsp3) is 0.500. The van der Waals surface area contributed by atoms with Gasteiger partial charge in [-0.25, -0.2) is 4.98 Å². The van der Waals surface area contributed by atoms with Crippen LogP contribution < -0.4 is 5.73 Å². The molecule has 0 aliphatic heterocycles. The third-order valence-corrected chi connectivity index (χ3v) is 3.36.